The third kappa shape index (κ3) is 2.83. The second kappa shape index (κ2) is 5.88. The van der Waals surface area contributed by atoms with Crippen LogP contribution in [0.2, 0.25) is 0 Å². The van der Waals surface area contributed by atoms with Crippen molar-refractivity contribution in [1.29, 1.82) is 0 Å². The van der Waals surface area contributed by atoms with Crippen LogP contribution in [-0.4, -0.2) is 60.0 Å². The zero-order chi connectivity index (χ0) is 13.9. The molecule has 7 heteroatoms. The standard InChI is InChI=1S/C13H19N3O4/c1-9-14-12(20-15-9)10-3-2-4-16(7-10)13(17)11-8-18-5-6-19-11/h10-11H,2-8H2,1H3. The number of carbonyl (C=O) groups excluding carboxylic acids is 1. The lowest BCUT2D eigenvalue weighted by molar-refractivity contribution is -0.159. The first-order valence-electron chi connectivity index (χ1n) is 7.02. The largest absolute Gasteiger partial charge is 0.376 e. The molecule has 0 saturated carbocycles. The first-order chi connectivity index (χ1) is 9.74. The van der Waals surface area contributed by atoms with E-state index in [1.54, 1.807) is 6.92 Å². The number of likely N-dealkylation sites (tertiary alicyclic amines) is 1. The zero-order valence-corrected chi connectivity index (χ0v) is 11.6. The van der Waals surface area contributed by atoms with Crippen molar-refractivity contribution < 1.29 is 18.8 Å². The summed E-state index contributed by atoms with van der Waals surface area (Å²) in [4.78, 5) is 18.5. The molecule has 2 atom stereocenters. The minimum atomic E-state index is -0.466. The number of rotatable bonds is 2. The molecule has 0 aromatic carbocycles. The van der Waals surface area contributed by atoms with E-state index in [0.29, 0.717) is 38.1 Å². The molecule has 7 nitrogen and oxygen atoms in total. The molecule has 2 saturated heterocycles. The Morgan fingerprint density at radius 3 is 3.00 bits per heavy atom. The van der Waals surface area contributed by atoms with Crippen LogP contribution < -0.4 is 0 Å². The Hall–Kier alpha value is -1.47. The summed E-state index contributed by atoms with van der Waals surface area (Å²) in [5.41, 5.74) is 0. The van der Waals surface area contributed by atoms with Gasteiger partial charge in [-0.1, -0.05) is 5.16 Å². The highest BCUT2D eigenvalue weighted by molar-refractivity contribution is 5.81. The summed E-state index contributed by atoms with van der Waals surface area (Å²) in [5, 5.41) is 3.82. The Morgan fingerprint density at radius 2 is 2.30 bits per heavy atom. The highest BCUT2D eigenvalue weighted by atomic mass is 16.6. The van der Waals surface area contributed by atoms with Gasteiger partial charge in [0.2, 0.25) is 5.89 Å². The Kier molecular flexibility index (Phi) is 3.98. The maximum Gasteiger partial charge on any atom is 0.254 e. The first kappa shape index (κ1) is 13.5. The van der Waals surface area contributed by atoms with E-state index >= 15 is 0 Å². The second-order valence-electron chi connectivity index (χ2n) is 5.24. The molecule has 0 aliphatic carbocycles. The molecule has 110 valence electrons. The van der Waals surface area contributed by atoms with E-state index < -0.39 is 6.10 Å². The normalized spacial score (nSPS) is 27.6. The van der Waals surface area contributed by atoms with Crippen LogP contribution in [0.4, 0.5) is 0 Å². The molecule has 0 N–H and O–H groups in total. The van der Waals surface area contributed by atoms with Crippen LogP contribution in [0.3, 0.4) is 0 Å². The van der Waals surface area contributed by atoms with Gasteiger partial charge in [-0.25, -0.2) is 0 Å². The van der Waals surface area contributed by atoms with Gasteiger partial charge in [-0.2, -0.15) is 4.98 Å². The van der Waals surface area contributed by atoms with Gasteiger partial charge in [-0.15, -0.1) is 0 Å². The fourth-order valence-electron chi connectivity index (χ4n) is 2.69. The third-order valence-corrected chi connectivity index (χ3v) is 3.72. The fourth-order valence-corrected chi connectivity index (χ4v) is 2.69. The van der Waals surface area contributed by atoms with Crippen LogP contribution in [-0.2, 0) is 14.3 Å². The number of hydrogen-bond donors (Lipinski definition) is 0. The minimum absolute atomic E-state index is 0.00522. The van der Waals surface area contributed by atoms with Gasteiger partial charge in [0.1, 0.15) is 0 Å². The van der Waals surface area contributed by atoms with Crippen LogP contribution >= 0.6 is 0 Å². The number of carbonyl (C=O) groups is 1. The summed E-state index contributed by atoms with van der Waals surface area (Å²) in [6.45, 7) is 4.55. The van der Waals surface area contributed by atoms with E-state index in [9.17, 15) is 4.79 Å². The fraction of sp³-hybridized carbons (Fsp3) is 0.769. The second-order valence-corrected chi connectivity index (χ2v) is 5.24. The number of nitrogens with zero attached hydrogens (tertiary/aromatic N) is 3. The van der Waals surface area contributed by atoms with E-state index in [0.717, 1.165) is 19.4 Å². The molecule has 1 aromatic rings. The van der Waals surface area contributed by atoms with Crippen LogP contribution in [0, 0.1) is 6.92 Å². The SMILES string of the molecule is Cc1noc(C2CCCN(C(=O)C3COCCO3)C2)n1. The number of aromatic nitrogens is 2. The molecule has 2 unspecified atom stereocenters. The van der Waals surface area contributed by atoms with Crippen molar-refractivity contribution in [3.05, 3.63) is 11.7 Å². The van der Waals surface area contributed by atoms with Crippen LogP contribution in [0.5, 0.6) is 0 Å². The quantitative estimate of drug-likeness (QED) is 0.785. The molecule has 0 radical (unpaired) electrons. The Balaban J connectivity index is 1.63. The van der Waals surface area contributed by atoms with Gasteiger partial charge in [0.15, 0.2) is 11.9 Å². The topological polar surface area (TPSA) is 77.7 Å². The number of piperidine rings is 1. The Bertz CT molecular complexity index is 470. The lowest BCUT2D eigenvalue weighted by Crippen LogP contribution is -2.48. The molecule has 2 aliphatic heterocycles. The summed E-state index contributed by atoms with van der Waals surface area (Å²) in [6, 6.07) is 0. The van der Waals surface area contributed by atoms with Crippen molar-refractivity contribution in [2.24, 2.45) is 0 Å². The lowest BCUT2D eigenvalue weighted by Gasteiger charge is -2.34. The molecule has 2 fully saturated rings. The van der Waals surface area contributed by atoms with E-state index in [2.05, 4.69) is 10.1 Å². The predicted molar refractivity (Wildman–Crippen MR) is 68.1 cm³/mol. The van der Waals surface area contributed by atoms with Crippen LogP contribution in [0.1, 0.15) is 30.5 Å². The molecule has 1 amide bonds. The highest BCUT2D eigenvalue weighted by Crippen LogP contribution is 2.26. The Morgan fingerprint density at radius 1 is 1.40 bits per heavy atom. The van der Waals surface area contributed by atoms with Gasteiger partial charge in [0, 0.05) is 13.1 Å². The van der Waals surface area contributed by atoms with Crippen molar-refractivity contribution in [1.82, 2.24) is 15.0 Å². The third-order valence-electron chi connectivity index (χ3n) is 3.72. The van der Waals surface area contributed by atoms with Crippen molar-refractivity contribution in [3.63, 3.8) is 0 Å². The van der Waals surface area contributed by atoms with Crippen LogP contribution in [0.15, 0.2) is 4.52 Å². The molecular formula is C13H19N3O4. The van der Waals surface area contributed by atoms with Crippen molar-refractivity contribution in [2.75, 3.05) is 32.9 Å². The monoisotopic (exact) mass is 281 g/mol. The van der Waals surface area contributed by atoms with Crippen molar-refractivity contribution >= 4 is 5.91 Å². The number of hydrogen-bond acceptors (Lipinski definition) is 6. The van der Waals surface area contributed by atoms with Gasteiger partial charge in [0.25, 0.3) is 5.91 Å². The average molecular weight is 281 g/mol. The Labute approximate surface area is 117 Å². The first-order valence-corrected chi connectivity index (χ1v) is 7.02. The molecule has 3 rings (SSSR count). The summed E-state index contributed by atoms with van der Waals surface area (Å²) in [7, 11) is 0. The van der Waals surface area contributed by atoms with Gasteiger partial charge in [-0.3, -0.25) is 4.79 Å². The zero-order valence-electron chi connectivity index (χ0n) is 11.6. The summed E-state index contributed by atoms with van der Waals surface area (Å²) < 4.78 is 16.0. The minimum Gasteiger partial charge on any atom is -0.376 e. The molecule has 0 spiro atoms. The number of amides is 1. The molecule has 0 bridgehead atoms. The number of ether oxygens (including phenoxy) is 2. The highest BCUT2D eigenvalue weighted by Gasteiger charge is 2.33. The molecule has 2 aliphatic rings. The van der Waals surface area contributed by atoms with E-state index in [-0.39, 0.29) is 11.8 Å². The average Bonchev–Trinajstić information content (AvgIpc) is 2.94. The summed E-state index contributed by atoms with van der Waals surface area (Å²) in [6.07, 6.45) is 1.44. The summed E-state index contributed by atoms with van der Waals surface area (Å²) >= 11 is 0. The maximum absolute atomic E-state index is 12.4. The van der Waals surface area contributed by atoms with Crippen LogP contribution in [0.25, 0.3) is 0 Å². The van der Waals surface area contributed by atoms with Gasteiger partial charge in [0.05, 0.1) is 25.7 Å². The van der Waals surface area contributed by atoms with E-state index in [1.807, 2.05) is 4.90 Å². The van der Waals surface area contributed by atoms with Crippen molar-refractivity contribution in [2.45, 2.75) is 31.8 Å². The number of aryl methyl sites for hydroxylation is 1. The van der Waals surface area contributed by atoms with Gasteiger partial charge in [-0.05, 0) is 19.8 Å². The smallest absolute Gasteiger partial charge is 0.254 e. The van der Waals surface area contributed by atoms with E-state index in [1.165, 1.54) is 0 Å². The van der Waals surface area contributed by atoms with E-state index in [4.69, 9.17) is 14.0 Å². The lowest BCUT2D eigenvalue weighted by atomic mass is 9.97. The molecule has 20 heavy (non-hydrogen) atoms. The maximum atomic E-state index is 12.4. The summed E-state index contributed by atoms with van der Waals surface area (Å²) in [5.74, 6) is 1.39. The molecule has 1 aromatic heterocycles. The van der Waals surface area contributed by atoms with Crippen molar-refractivity contribution in [3.8, 4) is 0 Å². The predicted octanol–water partition coefficient (Wildman–Crippen LogP) is 0.499. The molecular weight excluding hydrogens is 262 g/mol. The van der Waals surface area contributed by atoms with Gasteiger partial charge >= 0.3 is 0 Å². The van der Waals surface area contributed by atoms with Gasteiger partial charge < -0.3 is 18.9 Å². The molecule has 3 heterocycles.